The molecule has 2 rings (SSSR count). The topological polar surface area (TPSA) is 49.9 Å². The molecule has 0 aliphatic heterocycles. The van der Waals surface area contributed by atoms with Crippen molar-refractivity contribution in [3.05, 3.63) is 58.0 Å². The summed E-state index contributed by atoms with van der Waals surface area (Å²) in [7, 11) is 1.55. The van der Waals surface area contributed by atoms with Gasteiger partial charge in [-0.2, -0.15) is 0 Å². The third-order valence-electron chi connectivity index (χ3n) is 3.90. The number of hydrogen-bond acceptors (Lipinski definition) is 4. The van der Waals surface area contributed by atoms with Crippen LogP contribution < -0.4 is 0 Å². The summed E-state index contributed by atoms with van der Waals surface area (Å²) >= 11 is 1.57. The number of hydrogen-bond donors (Lipinski definition) is 0. The van der Waals surface area contributed by atoms with Gasteiger partial charge in [0.05, 0.1) is 19.7 Å². The SMILES string of the molecule is COCCN(CC(=O)N(Cc1ccc(F)cc1)Cc1cccs1)C(C)=O. The largest absolute Gasteiger partial charge is 0.383 e. The van der Waals surface area contributed by atoms with Crippen LogP contribution in [0.15, 0.2) is 41.8 Å². The van der Waals surface area contributed by atoms with E-state index >= 15 is 0 Å². The van der Waals surface area contributed by atoms with Crippen LogP contribution in [0.3, 0.4) is 0 Å². The van der Waals surface area contributed by atoms with E-state index in [1.54, 1.807) is 35.5 Å². The van der Waals surface area contributed by atoms with Gasteiger partial charge >= 0.3 is 0 Å². The lowest BCUT2D eigenvalue weighted by Gasteiger charge is -2.27. The summed E-state index contributed by atoms with van der Waals surface area (Å²) in [6, 6.07) is 9.98. The number of rotatable bonds is 9. The van der Waals surface area contributed by atoms with Crippen LogP contribution >= 0.6 is 11.3 Å². The van der Waals surface area contributed by atoms with E-state index in [4.69, 9.17) is 4.74 Å². The van der Waals surface area contributed by atoms with Gasteiger partial charge in [0, 0.05) is 32.0 Å². The highest BCUT2D eigenvalue weighted by Crippen LogP contribution is 2.15. The number of carbonyl (C=O) groups excluding carboxylic acids is 2. The van der Waals surface area contributed by atoms with Gasteiger partial charge in [-0.3, -0.25) is 9.59 Å². The molecule has 2 aromatic rings. The molecule has 0 bridgehead atoms. The first kappa shape index (κ1) is 20.1. The Labute approximate surface area is 157 Å². The highest BCUT2D eigenvalue weighted by Gasteiger charge is 2.20. The van der Waals surface area contributed by atoms with E-state index in [9.17, 15) is 14.0 Å². The van der Waals surface area contributed by atoms with E-state index in [0.717, 1.165) is 10.4 Å². The normalized spacial score (nSPS) is 10.6. The third kappa shape index (κ3) is 6.24. The van der Waals surface area contributed by atoms with Gasteiger partial charge in [0.2, 0.25) is 11.8 Å². The Morgan fingerprint density at radius 2 is 1.85 bits per heavy atom. The zero-order valence-electron chi connectivity index (χ0n) is 15.0. The minimum atomic E-state index is -0.313. The maximum absolute atomic E-state index is 13.1. The summed E-state index contributed by atoms with van der Waals surface area (Å²) in [5, 5.41) is 1.95. The fourth-order valence-electron chi connectivity index (χ4n) is 2.45. The lowest BCUT2D eigenvalue weighted by atomic mass is 10.2. The first-order valence-corrected chi connectivity index (χ1v) is 9.16. The number of benzene rings is 1. The Balaban J connectivity index is 2.11. The number of amides is 2. The van der Waals surface area contributed by atoms with Crippen molar-refractivity contribution in [3.63, 3.8) is 0 Å². The van der Waals surface area contributed by atoms with Crippen LogP contribution in [-0.2, 0) is 27.4 Å². The van der Waals surface area contributed by atoms with Gasteiger partial charge in [-0.05, 0) is 29.1 Å². The van der Waals surface area contributed by atoms with Crippen LogP contribution in [0.2, 0.25) is 0 Å². The fourth-order valence-corrected chi connectivity index (χ4v) is 3.17. The first-order chi connectivity index (χ1) is 12.5. The van der Waals surface area contributed by atoms with Crippen LogP contribution in [0, 0.1) is 5.82 Å². The number of ether oxygens (including phenoxy) is 1. The van der Waals surface area contributed by atoms with Crippen LogP contribution in [0.4, 0.5) is 4.39 Å². The van der Waals surface area contributed by atoms with Crippen LogP contribution in [0.25, 0.3) is 0 Å². The molecule has 7 heteroatoms. The van der Waals surface area contributed by atoms with Gasteiger partial charge in [-0.15, -0.1) is 11.3 Å². The summed E-state index contributed by atoms with van der Waals surface area (Å²) in [6.07, 6.45) is 0. The van der Waals surface area contributed by atoms with Gasteiger partial charge in [0.25, 0.3) is 0 Å². The highest BCUT2D eigenvalue weighted by molar-refractivity contribution is 7.09. The van der Waals surface area contributed by atoms with Gasteiger partial charge in [0.1, 0.15) is 5.82 Å². The maximum Gasteiger partial charge on any atom is 0.242 e. The number of carbonyl (C=O) groups is 2. The van der Waals surface area contributed by atoms with Crippen molar-refractivity contribution >= 4 is 23.2 Å². The zero-order valence-corrected chi connectivity index (χ0v) is 15.8. The number of halogens is 1. The van der Waals surface area contributed by atoms with Crippen LogP contribution in [0.1, 0.15) is 17.4 Å². The van der Waals surface area contributed by atoms with Crippen LogP contribution in [0.5, 0.6) is 0 Å². The van der Waals surface area contributed by atoms with Crippen molar-refractivity contribution in [2.75, 3.05) is 26.8 Å². The fraction of sp³-hybridized carbons (Fsp3) is 0.368. The minimum absolute atomic E-state index is 0.00867. The molecule has 0 aliphatic carbocycles. The lowest BCUT2D eigenvalue weighted by molar-refractivity contribution is -0.140. The molecule has 0 unspecified atom stereocenters. The zero-order chi connectivity index (χ0) is 18.9. The second-order valence-electron chi connectivity index (χ2n) is 5.89. The molecule has 0 atom stereocenters. The molecule has 0 aliphatic rings. The number of methoxy groups -OCH3 is 1. The Morgan fingerprint density at radius 1 is 1.12 bits per heavy atom. The van der Waals surface area contributed by atoms with E-state index in [2.05, 4.69) is 0 Å². The monoisotopic (exact) mass is 378 g/mol. The van der Waals surface area contributed by atoms with Crippen molar-refractivity contribution in [1.82, 2.24) is 9.80 Å². The summed E-state index contributed by atoms with van der Waals surface area (Å²) in [6.45, 7) is 2.96. The van der Waals surface area contributed by atoms with E-state index in [1.165, 1.54) is 24.0 Å². The number of thiophene rings is 1. The molecule has 1 aromatic heterocycles. The first-order valence-electron chi connectivity index (χ1n) is 8.28. The molecule has 0 saturated carbocycles. The Bertz CT molecular complexity index is 704. The molecule has 0 spiro atoms. The van der Waals surface area contributed by atoms with Gasteiger partial charge in [0.15, 0.2) is 0 Å². The third-order valence-corrected chi connectivity index (χ3v) is 4.76. The van der Waals surface area contributed by atoms with Gasteiger partial charge < -0.3 is 14.5 Å². The molecular weight excluding hydrogens is 355 g/mol. The Hall–Kier alpha value is -2.25. The van der Waals surface area contributed by atoms with E-state index in [1.807, 2.05) is 17.5 Å². The molecule has 0 saturated heterocycles. The smallest absolute Gasteiger partial charge is 0.242 e. The number of nitrogens with zero attached hydrogens (tertiary/aromatic N) is 2. The molecule has 0 N–H and O–H groups in total. The maximum atomic E-state index is 13.1. The van der Waals surface area contributed by atoms with E-state index in [0.29, 0.717) is 26.2 Å². The predicted octanol–water partition coefficient (Wildman–Crippen LogP) is 2.91. The Morgan fingerprint density at radius 3 is 2.42 bits per heavy atom. The van der Waals surface area contributed by atoms with E-state index < -0.39 is 0 Å². The predicted molar refractivity (Wildman–Crippen MR) is 99.1 cm³/mol. The average molecular weight is 378 g/mol. The molecule has 140 valence electrons. The van der Waals surface area contributed by atoms with Crippen molar-refractivity contribution in [2.24, 2.45) is 0 Å². The van der Waals surface area contributed by atoms with Crippen molar-refractivity contribution < 1.29 is 18.7 Å². The Kier molecular flexibility index (Phi) is 7.74. The molecule has 1 aromatic carbocycles. The second kappa shape index (κ2) is 10.0. The summed E-state index contributed by atoms with van der Waals surface area (Å²) < 4.78 is 18.1. The quantitative estimate of drug-likeness (QED) is 0.674. The molecule has 0 fully saturated rings. The van der Waals surface area contributed by atoms with Crippen molar-refractivity contribution in [2.45, 2.75) is 20.0 Å². The highest BCUT2D eigenvalue weighted by atomic mass is 32.1. The van der Waals surface area contributed by atoms with Crippen molar-refractivity contribution in [3.8, 4) is 0 Å². The molecule has 26 heavy (non-hydrogen) atoms. The van der Waals surface area contributed by atoms with Crippen molar-refractivity contribution in [1.29, 1.82) is 0 Å². The lowest BCUT2D eigenvalue weighted by Crippen LogP contribution is -2.42. The molecule has 2 amide bonds. The molecule has 5 nitrogen and oxygen atoms in total. The summed E-state index contributed by atoms with van der Waals surface area (Å²) in [4.78, 5) is 28.8. The average Bonchev–Trinajstić information content (AvgIpc) is 3.12. The second-order valence-corrected chi connectivity index (χ2v) is 6.92. The summed E-state index contributed by atoms with van der Waals surface area (Å²) in [5.41, 5.74) is 0.836. The summed E-state index contributed by atoms with van der Waals surface area (Å²) in [5.74, 6) is -0.644. The minimum Gasteiger partial charge on any atom is -0.383 e. The standard InChI is InChI=1S/C19H23FN2O3S/c1-15(23)21(9-10-25-2)14-19(24)22(13-18-4-3-11-26-18)12-16-5-7-17(20)8-6-16/h3-8,11H,9-10,12-14H2,1-2H3. The van der Waals surface area contributed by atoms with Gasteiger partial charge in [-0.1, -0.05) is 18.2 Å². The van der Waals surface area contributed by atoms with E-state index in [-0.39, 0.29) is 24.2 Å². The molecular formula is C19H23FN2O3S. The van der Waals surface area contributed by atoms with Crippen LogP contribution in [-0.4, -0.2) is 48.4 Å². The molecule has 0 radical (unpaired) electrons. The van der Waals surface area contributed by atoms with Gasteiger partial charge in [-0.25, -0.2) is 4.39 Å². The molecule has 1 heterocycles.